The van der Waals surface area contributed by atoms with Crippen LogP contribution in [0.5, 0.6) is 0 Å². The van der Waals surface area contributed by atoms with E-state index in [9.17, 15) is 19.2 Å². The van der Waals surface area contributed by atoms with Gasteiger partial charge in [0.05, 0.1) is 40.9 Å². The van der Waals surface area contributed by atoms with Crippen molar-refractivity contribution in [3.05, 3.63) is 118 Å². The van der Waals surface area contributed by atoms with E-state index in [-0.39, 0.29) is 34.7 Å². The normalized spacial score (nSPS) is 12.4. The number of amides is 4. The SMILES string of the molecule is Cc1ccc(C)c(N2C(=O)c3ccc(C(=O)Nc4ccccc4C(=O)NCc4ccco4)cc3C2=O)c1. The number of aryl methyl sites for hydroxylation is 2. The Morgan fingerprint density at radius 3 is 2.41 bits per heavy atom. The van der Waals surface area contributed by atoms with E-state index in [1.807, 2.05) is 26.0 Å². The van der Waals surface area contributed by atoms with Crippen LogP contribution in [0.15, 0.2) is 83.5 Å². The molecule has 0 aliphatic carbocycles. The summed E-state index contributed by atoms with van der Waals surface area (Å²) in [6.45, 7) is 3.92. The number of nitrogens with zero attached hydrogens (tertiary/aromatic N) is 1. The number of carbonyl (C=O) groups excluding carboxylic acids is 4. The van der Waals surface area contributed by atoms with Crippen LogP contribution in [0.25, 0.3) is 0 Å². The van der Waals surface area contributed by atoms with E-state index in [0.717, 1.165) is 16.0 Å². The van der Waals surface area contributed by atoms with Gasteiger partial charge in [0.15, 0.2) is 0 Å². The van der Waals surface area contributed by atoms with Gasteiger partial charge in [0.25, 0.3) is 23.6 Å². The molecule has 2 heterocycles. The predicted molar refractivity (Wildman–Crippen MR) is 138 cm³/mol. The van der Waals surface area contributed by atoms with Crippen molar-refractivity contribution in [1.29, 1.82) is 0 Å². The van der Waals surface area contributed by atoms with Crippen LogP contribution in [0.2, 0.25) is 0 Å². The molecule has 1 aliphatic heterocycles. The summed E-state index contributed by atoms with van der Waals surface area (Å²) in [7, 11) is 0. The second-order valence-corrected chi connectivity index (χ2v) is 8.76. The van der Waals surface area contributed by atoms with Crippen LogP contribution in [0.1, 0.15) is 58.3 Å². The first-order valence-electron chi connectivity index (χ1n) is 11.6. The molecule has 8 nitrogen and oxygen atoms in total. The van der Waals surface area contributed by atoms with E-state index in [0.29, 0.717) is 17.1 Å². The summed E-state index contributed by atoms with van der Waals surface area (Å²) in [5, 5.41) is 5.50. The van der Waals surface area contributed by atoms with Crippen molar-refractivity contribution in [2.45, 2.75) is 20.4 Å². The van der Waals surface area contributed by atoms with Crippen molar-refractivity contribution in [2.75, 3.05) is 10.2 Å². The average Bonchev–Trinajstić information content (AvgIpc) is 3.50. The maximum Gasteiger partial charge on any atom is 0.266 e. The minimum absolute atomic E-state index is 0.156. The van der Waals surface area contributed by atoms with E-state index in [1.165, 1.54) is 24.5 Å². The minimum atomic E-state index is -0.514. The molecule has 0 fully saturated rings. The van der Waals surface area contributed by atoms with Crippen LogP contribution >= 0.6 is 0 Å². The molecule has 0 bridgehead atoms. The molecule has 0 atom stereocenters. The number of carbonyl (C=O) groups is 4. The predicted octanol–water partition coefficient (Wildman–Crippen LogP) is 4.88. The highest BCUT2D eigenvalue weighted by atomic mass is 16.3. The van der Waals surface area contributed by atoms with Gasteiger partial charge in [-0.25, -0.2) is 4.90 Å². The fraction of sp³-hybridized carbons (Fsp3) is 0.103. The number of imide groups is 1. The number of rotatable bonds is 6. The largest absolute Gasteiger partial charge is 0.467 e. The van der Waals surface area contributed by atoms with Crippen LogP contribution in [0.3, 0.4) is 0 Å². The average molecular weight is 494 g/mol. The summed E-state index contributed by atoms with van der Waals surface area (Å²) in [5.74, 6) is -1.21. The van der Waals surface area contributed by atoms with E-state index in [1.54, 1.807) is 42.5 Å². The van der Waals surface area contributed by atoms with Crippen LogP contribution < -0.4 is 15.5 Å². The second kappa shape index (κ2) is 9.58. The number of furan rings is 1. The maximum atomic E-state index is 13.2. The van der Waals surface area contributed by atoms with E-state index >= 15 is 0 Å². The summed E-state index contributed by atoms with van der Waals surface area (Å²) in [6.07, 6.45) is 1.52. The molecule has 1 aromatic heterocycles. The lowest BCUT2D eigenvalue weighted by Crippen LogP contribution is -2.30. The highest BCUT2D eigenvalue weighted by Gasteiger charge is 2.38. The van der Waals surface area contributed by atoms with Gasteiger partial charge in [0, 0.05) is 5.56 Å². The zero-order valence-corrected chi connectivity index (χ0v) is 20.2. The zero-order valence-electron chi connectivity index (χ0n) is 20.2. The van der Waals surface area contributed by atoms with Gasteiger partial charge in [0.1, 0.15) is 5.76 Å². The summed E-state index contributed by atoms with van der Waals surface area (Å²) in [6, 6.07) is 20.0. The quantitative estimate of drug-likeness (QED) is 0.372. The van der Waals surface area contributed by atoms with Gasteiger partial charge in [-0.3, -0.25) is 19.2 Å². The number of fused-ring (bicyclic) bond motifs is 1. The summed E-state index contributed by atoms with van der Waals surface area (Å²) in [5.41, 5.74) is 3.40. The fourth-order valence-electron chi connectivity index (χ4n) is 4.22. The second-order valence-electron chi connectivity index (χ2n) is 8.76. The van der Waals surface area contributed by atoms with Crippen LogP contribution in [0, 0.1) is 13.8 Å². The third-order valence-electron chi connectivity index (χ3n) is 6.18. The van der Waals surface area contributed by atoms with Crippen molar-refractivity contribution >= 4 is 35.0 Å². The molecular weight excluding hydrogens is 470 g/mol. The van der Waals surface area contributed by atoms with Gasteiger partial charge in [-0.05, 0) is 73.5 Å². The van der Waals surface area contributed by atoms with Crippen molar-refractivity contribution < 1.29 is 23.6 Å². The molecule has 5 rings (SSSR count). The molecule has 2 N–H and O–H groups in total. The van der Waals surface area contributed by atoms with E-state index in [4.69, 9.17) is 4.42 Å². The lowest BCUT2D eigenvalue weighted by molar-refractivity contribution is 0.0920. The Kier molecular flexibility index (Phi) is 6.15. The summed E-state index contributed by atoms with van der Waals surface area (Å²) >= 11 is 0. The fourth-order valence-corrected chi connectivity index (χ4v) is 4.22. The lowest BCUT2D eigenvalue weighted by Gasteiger charge is -2.17. The third-order valence-corrected chi connectivity index (χ3v) is 6.18. The summed E-state index contributed by atoms with van der Waals surface area (Å²) in [4.78, 5) is 53.3. The van der Waals surface area contributed by atoms with E-state index in [2.05, 4.69) is 10.6 Å². The monoisotopic (exact) mass is 493 g/mol. The Morgan fingerprint density at radius 2 is 1.62 bits per heavy atom. The molecule has 8 heteroatoms. The molecular formula is C29H23N3O5. The van der Waals surface area contributed by atoms with Crippen molar-refractivity contribution in [3.8, 4) is 0 Å². The molecule has 0 unspecified atom stereocenters. The molecule has 1 aliphatic rings. The third kappa shape index (κ3) is 4.52. The van der Waals surface area contributed by atoms with Gasteiger partial charge in [-0.2, -0.15) is 0 Å². The first kappa shape index (κ1) is 23.7. The Labute approximate surface area is 212 Å². The Morgan fingerprint density at radius 1 is 0.838 bits per heavy atom. The molecule has 184 valence electrons. The minimum Gasteiger partial charge on any atom is -0.467 e. The number of benzene rings is 3. The number of anilines is 2. The Balaban J connectivity index is 1.37. The maximum absolute atomic E-state index is 13.2. The van der Waals surface area contributed by atoms with Crippen molar-refractivity contribution in [2.24, 2.45) is 0 Å². The number of para-hydroxylation sites is 1. The topological polar surface area (TPSA) is 109 Å². The van der Waals surface area contributed by atoms with Crippen molar-refractivity contribution in [3.63, 3.8) is 0 Å². The summed E-state index contributed by atoms with van der Waals surface area (Å²) < 4.78 is 5.23. The molecule has 4 amide bonds. The molecule has 0 saturated carbocycles. The standard InChI is InChI=1S/C29H23N3O5/c1-17-9-10-18(2)25(14-17)32-28(35)21-12-11-19(15-23(21)29(32)36)26(33)31-24-8-4-3-7-22(24)27(34)30-16-20-6-5-13-37-20/h3-15H,16H2,1-2H3,(H,30,34)(H,31,33). The Bertz CT molecular complexity index is 1560. The van der Waals surface area contributed by atoms with Gasteiger partial charge >= 0.3 is 0 Å². The highest BCUT2D eigenvalue weighted by molar-refractivity contribution is 6.35. The zero-order chi connectivity index (χ0) is 26.1. The lowest BCUT2D eigenvalue weighted by atomic mass is 10.0. The molecule has 0 saturated heterocycles. The number of nitrogens with one attached hydrogen (secondary N) is 2. The molecule has 37 heavy (non-hydrogen) atoms. The van der Waals surface area contributed by atoms with Gasteiger partial charge in [-0.1, -0.05) is 24.3 Å². The number of hydrogen-bond donors (Lipinski definition) is 2. The molecule has 0 spiro atoms. The van der Waals surface area contributed by atoms with E-state index < -0.39 is 17.7 Å². The smallest absolute Gasteiger partial charge is 0.266 e. The van der Waals surface area contributed by atoms with Gasteiger partial charge in [-0.15, -0.1) is 0 Å². The highest BCUT2D eigenvalue weighted by Crippen LogP contribution is 2.32. The van der Waals surface area contributed by atoms with Crippen molar-refractivity contribution in [1.82, 2.24) is 5.32 Å². The first-order valence-corrected chi connectivity index (χ1v) is 11.6. The van der Waals surface area contributed by atoms with Crippen LogP contribution in [-0.4, -0.2) is 23.6 Å². The first-order chi connectivity index (χ1) is 17.8. The molecule has 3 aromatic carbocycles. The van der Waals surface area contributed by atoms with Crippen LogP contribution in [-0.2, 0) is 6.54 Å². The van der Waals surface area contributed by atoms with Gasteiger partial charge < -0.3 is 15.1 Å². The van der Waals surface area contributed by atoms with Crippen LogP contribution in [0.4, 0.5) is 11.4 Å². The number of hydrogen-bond acceptors (Lipinski definition) is 5. The molecule has 0 radical (unpaired) electrons. The van der Waals surface area contributed by atoms with Gasteiger partial charge in [0.2, 0.25) is 0 Å². The molecule has 4 aromatic rings. The Hall–Kier alpha value is -4.98.